The van der Waals surface area contributed by atoms with Crippen molar-refractivity contribution in [3.05, 3.63) is 70.9 Å². The van der Waals surface area contributed by atoms with Gasteiger partial charge in [0.05, 0.1) is 17.1 Å². The van der Waals surface area contributed by atoms with Crippen LogP contribution in [0.2, 0.25) is 0 Å². The Balaban J connectivity index is 1.80. The number of benzene rings is 2. The zero-order valence-corrected chi connectivity index (χ0v) is 15.2. The molecule has 3 rings (SSSR count). The molecule has 1 heterocycles. The van der Waals surface area contributed by atoms with Crippen LogP contribution in [0.4, 0.5) is 16.4 Å². The Hall–Kier alpha value is -3.37. The normalized spacial score (nSPS) is 11.5. The first-order chi connectivity index (χ1) is 12.7. The molecule has 0 spiro atoms. The molecule has 7 heteroatoms. The van der Waals surface area contributed by atoms with Crippen molar-refractivity contribution in [1.29, 1.82) is 5.26 Å². The molecule has 1 N–H and O–H groups in total. The fourth-order valence-electron chi connectivity index (χ4n) is 2.14. The van der Waals surface area contributed by atoms with Crippen molar-refractivity contribution in [2.45, 2.75) is 13.8 Å². The lowest BCUT2D eigenvalue weighted by atomic mass is 10.2. The molecule has 0 saturated heterocycles. The maximum absolute atomic E-state index is 9.41. The highest BCUT2D eigenvalue weighted by Gasteiger charge is 2.13. The number of hydrogen-bond acceptors (Lipinski definition) is 7. The summed E-state index contributed by atoms with van der Waals surface area (Å²) in [6.45, 7) is 3.83. The standard InChI is InChI=1S/C19H16N6S/c1-13-7-6-10-16(11-13)23-24-17(12-20)19-21-14(2)18(26-19)25-22-15-8-4-3-5-9-15/h3-11,23H,1-2H3. The summed E-state index contributed by atoms with van der Waals surface area (Å²) in [6, 6.07) is 19.3. The zero-order valence-electron chi connectivity index (χ0n) is 14.3. The summed E-state index contributed by atoms with van der Waals surface area (Å²) in [4.78, 5) is 4.40. The lowest BCUT2D eigenvalue weighted by molar-refractivity contribution is 1.18. The molecule has 128 valence electrons. The molecule has 0 aliphatic rings. The van der Waals surface area contributed by atoms with Gasteiger partial charge in [-0.2, -0.15) is 10.4 Å². The van der Waals surface area contributed by atoms with Crippen molar-refractivity contribution in [3.63, 3.8) is 0 Å². The Morgan fingerprint density at radius 2 is 1.88 bits per heavy atom. The highest BCUT2D eigenvalue weighted by molar-refractivity contribution is 7.17. The van der Waals surface area contributed by atoms with Gasteiger partial charge < -0.3 is 0 Å². The molecule has 0 saturated carbocycles. The van der Waals surface area contributed by atoms with Gasteiger partial charge in [-0.05, 0) is 43.7 Å². The van der Waals surface area contributed by atoms with Crippen LogP contribution in [0.15, 0.2) is 69.9 Å². The lowest BCUT2D eigenvalue weighted by Crippen LogP contribution is -2.01. The van der Waals surface area contributed by atoms with Gasteiger partial charge in [0, 0.05) is 0 Å². The molecule has 1 aromatic heterocycles. The van der Waals surface area contributed by atoms with Gasteiger partial charge in [-0.1, -0.05) is 41.7 Å². The average Bonchev–Trinajstić information content (AvgIpc) is 3.02. The number of hydrazone groups is 1. The van der Waals surface area contributed by atoms with E-state index in [0.717, 1.165) is 16.9 Å². The largest absolute Gasteiger partial charge is 0.277 e. The van der Waals surface area contributed by atoms with Crippen LogP contribution in [-0.4, -0.2) is 10.7 Å². The molecule has 0 aliphatic carbocycles. The Morgan fingerprint density at radius 1 is 1.08 bits per heavy atom. The van der Waals surface area contributed by atoms with E-state index < -0.39 is 0 Å². The Bertz CT molecular complexity index is 998. The van der Waals surface area contributed by atoms with E-state index in [1.54, 1.807) is 0 Å². The first-order valence-corrected chi connectivity index (χ1v) is 8.72. The minimum absolute atomic E-state index is 0.209. The van der Waals surface area contributed by atoms with Gasteiger partial charge in [0.15, 0.2) is 15.7 Å². The van der Waals surface area contributed by atoms with Gasteiger partial charge in [-0.3, -0.25) is 5.43 Å². The minimum Gasteiger partial charge on any atom is -0.277 e. The van der Waals surface area contributed by atoms with Crippen molar-refractivity contribution in [2.24, 2.45) is 15.3 Å². The highest BCUT2D eigenvalue weighted by atomic mass is 32.1. The predicted molar refractivity (Wildman–Crippen MR) is 104 cm³/mol. The summed E-state index contributed by atoms with van der Waals surface area (Å²) in [6.07, 6.45) is 0. The van der Waals surface area contributed by atoms with Crippen molar-refractivity contribution >= 4 is 33.4 Å². The van der Waals surface area contributed by atoms with Gasteiger partial charge in [0.2, 0.25) is 0 Å². The van der Waals surface area contributed by atoms with Crippen LogP contribution >= 0.6 is 11.3 Å². The van der Waals surface area contributed by atoms with Crippen molar-refractivity contribution in [2.75, 3.05) is 5.43 Å². The van der Waals surface area contributed by atoms with Crippen LogP contribution in [0.25, 0.3) is 0 Å². The number of anilines is 1. The molecule has 0 radical (unpaired) electrons. The zero-order chi connectivity index (χ0) is 18.4. The van der Waals surface area contributed by atoms with E-state index in [2.05, 4.69) is 31.8 Å². The summed E-state index contributed by atoms with van der Waals surface area (Å²) < 4.78 is 0. The number of thiazole rings is 1. The third kappa shape index (κ3) is 4.37. The van der Waals surface area contributed by atoms with Crippen LogP contribution in [0, 0.1) is 25.2 Å². The monoisotopic (exact) mass is 360 g/mol. The molecule has 26 heavy (non-hydrogen) atoms. The summed E-state index contributed by atoms with van der Waals surface area (Å²) in [7, 11) is 0. The smallest absolute Gasteiger partial charge is 0.196 e. The third-order valence-corrected chi connectivity index (χ3v) is 4.46. The average molecular weight is 360 g/mol. The molecule has 0 amide bonds. The molecule has 0 fully saturated rings. The van der Waals surface area contributed by atoms with Crippen molar-refractivity contribution < 1.29 is 0 Å². The number of hydrogen-bond donors (Lipinski definition) is 1. The quantitative estimate of drug-likeness (QED) is 0.369. The maximum atomic E-state index is 9.41. The highest BCUT2D eigenvalue weighted by Crippen LogP contribution is 2.29. The van der Waals surface area contributed by atoms with E-state index in [4.69, 9.17) is 0 Å². The first kappa shape index (κ1) is 17.5. The van der Waals surface area contributed by atoms with E-state index in [9.17, 15) is 5.26 Å². The topological polar surface area (TPSA) is 85.8 Å². The van der Waals surface area contributed by atoms with Gasteiger partial charge in [0.25, 0.3) is 0 Å². The molecule has 3 aromatic rings. The Kier molecular flexibility index (Phi) is 5.46. The fraction of sp³-hybridized carbons (Fsp3) is 0.105. The maximum Gasteiger partial charge on any atom is 0.196 e. The van der Waals surface area contributed by atoms with Crippen LogP contribution in [0.3, 0.4) is 0 Å². The van der Waals surface area contributed by atoms with Gasteiger partial charge in [0.1, 0.15) is 6.07 Å². The number of aromatic nitrogens is 1. The predicted octanol–water partition coefficient (Wildman–Crippen LogP) is 5.52. The van der Waals surface area contributed by atoms with E-state index in [1.807, 2.05) is 68.4 Å². The second kappa shape index (κ2) is 8.14. The number of rotatable bonds is 5. The molecule has 6 nitrogen and oxygen atoms in total. The minimum atomic E-state index is 0.209. The third-order valence-electron chi connectivity index (χ3n) is 3.41. The number of nitrogens with one attached hydrogen (secondary N) is 1. The molecule has 2 aromatic carbocycles. The molecule has 0 atom stereocenters. The van der Waals surface area contributed by atoms with Gasteiger partial charge in [-0.25, -0.2) is 4.98 Å². The van der Waals surface area contributed by atoms with Gasteiger partial charge >= 0.3 is 0 Å². The first-order valence-electron chi connectivity index (χ1n) is 7.91. The Morgan fingerprint density at radius 3 is 2.62 bits per heavy atom. The van der Waals surface area contributed by atoms with Crippen LogP contribution < -0.4 is 5.43 Å². The van der Waals surface area contributed by atoms with Crippen LogP contribution in [0.5, 0.6) is 0 Å². The van der Waals surface area contributed by atoms with Crippen LogP contribution in [-0.2, 0) is 0 Å². The van der Waals surface area contributed by atoms with Gasteiger partial charge in [-0.15, -0.1) is 10.2 Å². The lowest BCUT2D eigenvalue weighted by Gasteiger charge is -2.01. The molecule has 0 unspecified atom stereocenters. The van der Waals surface area contributed by atoms with E-state index >= 15 is 0 Å². The van der Waals surface area contributed by atoms with Crippen LogP contribution in [0.1, 0.15) is 16.3 Å². The second-order valence-electron chi connectivity index (χ2n) is 5.50. The molecular formula is C19H16N6S. The summed E-state index contributed by atoms with van der Waals surface area (Å²) in [5.74, 6) is 0. The molecular weight excluding hydrogens is 344 g/mol. The summed E-state index contributed by atoms with van der Waals surface area (Å²) in [5, 5.41) is 23.2. The van der Waals surface area contributed by atoms with E-state index in [-0.39, 0.29) is 5.71 Å². The second-order valence-corrected chi connectivity index (χ2v) is 6.48. The van der Waals surface area contributed by atoms with Crippen molar-refractivity contribution in [1.82, 2.24) is 4.98 Å². The SMILES string of the molecule is Cc1cccc(NN=C(C#N)c2nc(C)c(N=Nc3ccccc3)s2)c1. The number of aryl methyl sites for hydroxylation is 2. The number of azo groups is 1. The van der Waals surface area contributed by atoms with Crippen molar-refractivity contribution in [3.8, 4) is 6.07 Å². The van der Waals surface area contributed by atoms with E-state index in [0.29, 0.717) is 15.7 Å². The molecule has 0 bridgehead atoms. The summed E-state index contributed by atoms with van der Waals surface area (Å²) >= 11 is 1.28. The Labute approximate surface area is 155 Å². The molecule has 0 aliphatic heterocycles. The number of nitriles is 1. The summed E-state index contributed by atoms with van der Waals surface area (Å²) in [5.41, 5.74) is 6.50. The fourth-order valence-corrected chi connectivity index (χ4v) is 2.96. The van der Waals surface area contributed by atoms with E-state index in [1.165, 1.54) is 11.3 Å². The number of nitrogens with zero attached hydrogens (tertiary/aromatic N) is 5.